The number of hydrogen-bond acceptors (Lipinski definition) is 3. The molecule has 110 valence electrons. The van der Waals surface area contributed by atoms with Crippen LogP contribution < -0.4 is 16.2 Å². The molecule has 3 N–H and O–H groups in total. The molecule has 0 aliphatic rings. The molecule has 0 heterocycles. The second kappa shape index (κ2) is 5.88. The third-order valence-electron chi connectivity index (χ3n) is 3.13. The van der Waals surface area contributed by atoms with Crippen LogP contribution in [0.4, 0.5) is 20.2 Å². The van der Waals surface area contributed by atoms with E-state index in [1.54, 1.807) is 25.2 Å². The van der Waals surface area contributed by atoms with E-state index >= 15 is 0 Å². The van der Waals surface area contributed by atoms with Gasteiger partial charge in [-0.15, -0.1) is 0 Å². The first-order valence-electron chi connectivity index (χ1n) is 6.24. The minimum atomic E-state index is -0.918. The van der Waals surface area contributed by atoms with Gasteiger partial charge < -0.3 is 10.3 Å². The second-order valence-corrected chi connectivity index (χ2v) is 4.66. The zero-order chi connectivity index (χ0) is 15.6. The number of aryl methyl sites for hydroxylation is 1. The number of anilines is 2. The van der Waals surface area contributed by atoms with Crippen LogP contribution in [0.3, 0.4) is 0 Å². The van der Waals surface area contributed by atoms with Gasteiger partial charge in [-0.25, -0.2) is 8.78 Å². The fraction of sp³-hybridized carbons (Fsp3) is 0.133. The van der Waals surface area contributed by atoms with Crippen molar-refractivity contribution < 1.29 is 13.6 Å². The van der Waals surface area contributed by atoms with Crippen molar-refractivity contribution in [1.82, 2.24) is 0 Å². The maximum Gasteiger partial charge on any atom is 0.258 e. The summed E-state index contributed by atoms with van der Waals surface area (Å²) in [6, 6.07) is 9.15. The SMILES string of the molecule is Cc1cccc(N(C)C(=O)c2cc(F)c(NN)c(F)c2)c1. The van der Waals surface area contributed by atoms with Crippen molar-refractivity contribution in [2.24, 2.45) is 5.84 Å². The summed E-state index contributed by atoms with van der Waals surface area (Å²) in [5, 5.41) is 0. The Kier molecular flexibility index (Phi) is 4.18. The quantitative estimate of drug-likeness (QED) is 0.675. The Morgan fingerprint density at radius 2 is 1.81 bits per heavy atom. The number of hydrogen-bond donors (Lipinski definition) is 2. The number of nitrogens with zero attached hydrogens (tertiary/aromatic N) is 1. The van der Waals surface area contributed by atoms with Crippen molar-refractivity contribution in [2.45, 2.75) is 6.92 Å². The van der Waals surface area contributed by atoms with Gasteiger partial charge in [-0.05, 0) is 36.8 Å². The molecular formula is C15H15F2N3O. The van der Waals surface area contributed by atoms with Crippen LogP contribution in [0.5, 0.6) is 0 Å². The number of amides is 1. The van der Waals surface area contributed by atoms with E-state index in [0.29, 0.717) is 5.69 Å². The van der Waals surface area contributed by atoms with Crippen molar-refractivity contribution in [3.63, 3.8) is 0 Å². The van der Waals surface area contributed by atoms with Crippen LogP contribution in [0.25, 0.3) is 0 Å². The molecule has 1 amide bonds. The van der Waals surface area contributed by atoms with Gasteiger partial charge in [0, 0.05) is 18.3 Å². The highest BCUT2D eigenvalue weighted by atomic mass is 19.1. The van der Waals surface area contributed by atoms with E-state index in [-0.39, 0.29) is 5.56 Å². The number of carbonyl (C=O) groups excluding carboxylic acids is 1. The predicted molar refractivity (Wildman–Crippen MR) is 78.1 cm³/mol. The standard InChI is InChI=1S/C15H15F2N3O/c1-9-4-3-5-11(6-9)20(2)15(21)10-7-12(16)14(19-18)13(17)8-10/h3-8,19H,18H2,1-2H3. The van der Waals surface area contributed by atoms with Crippen LogP contribution in [0.1, 0.15) is 15.9 Å². The number of benzene rings is 2. The molecule has 6 heteroatoms. The molecule has 0 fully saturated rings. The summed E-state index contributed by atoms with van der Waals surface area (Å²) in [7, 11) is 1.54. The van der Waals surface area contributed by atoms with Crippen molar-refractivity contribution in [2.75, 3.05) is 17.4 Å². The predicted octanol–water partition coefficient (Wildman–Crippen LogP) is 2.84. The molecule has 0 aliphatic carbocycles. The molecule has 0 atom stereocenters. The van der Waals surface area contributed by atoms with Crippen molar-refractivity contribution >= 4 is 17.3 Å². The maximum absolute atomic E-state index is 13.6. The first kappa shape index (κ1) is 14.9. The fourth-order valence-corrected chi connectivity index (χ4v) is 1.98. The third kappa shape index (κ3) is 3.00. The number of nitrogens with one attached hydrogen (secondary N) is 1. The number of carbonyl (C=O) groups is 1. The minimum Gasteiger partial charge on any atom is -0.319 e. The van der Waals surface area contributed by atoms with E-state index in [0.717, 1.165) is 17.7 Å². The summed E-state index contributed by atoms with van der Waals surface area (Å²) in [5.41, 5.74) is 2.98. The van der Waals surface area contributed by atoms with Crippen molar-refractivity contribution in [3.8, 4) is 0 Å². The van der Waals surface area contributed by atoms with Crippen LogP contribution in [-0.4, -0.2) is 13.0 Å². The lowest BCUT2D eigenvalue weighted by molar-refractivity contribution is 0.0992. The van der Waals surface area contributed by atoms with Crippen molar-refractivity contribution in [1.29, 1.82) is 0 Å². The molecule has 2 rings (SSSR count). The highest BCUT2D eigenvalue weighted by molar-refractivity contribution is 6.06. The van der Waals surface area contributed by atoms with E-state index < -0.39 is 23.2 Å². The van der Waals surface area contributed by atoms with Gasteiger partial charge in [-0.3, -0.25) is 10.6 Å². The highest BCUT2D eigenvalue weighted by Crippen LogP contribution is 2.22. The zero-order valence-electron chi connectivity index (χ0n) is 11.7. The number of halogens is 2. The number of nitrogens with two attached hydrogens (primary N) is 1. The molecule has 4 nitrogen and oxygen atoms in total. The van der Waals surface area contributed by atoms with Gasteiger partial charge in [-0.1, -0.05) is 12.1 Å². The first-order chi connectivity index (χ1) is 9.93. The summed E-state index contributed by atoms with van der Waals surface area (Å²) in [6.45, 7) is 1.89. The lowest BCUT2D eigenvalue weighted by atomic mass is 10.1. The largest absolute Gasteiger partial charge is 0.319 e. The van der Waals surface area contributed by atoms with Crippen molar-refractivity contribution in [3.05, 3.63) is 59.2 Å². The smallest absolute Gasteiger partial charge is 0.258 e. The fourth-order valence-electron chi connectivity index (χ4n) is 1.98. The summed E-state index contributed by atoms with van der Waals surface area (Å²) < 4.78 is 27.3. The molecular weight excluding hydrogens is 276 g/mol. The highest BCUT2D eigenvalue weighted by Gasteiger charge is 2.18. The molecule has 0 saturated carbocycles. The Labute approximate surface area is 121 Å². The van der Waals surface area contributed by atoms with Crippen LogP contribution in [0, 0.1) is 18.6 Å². The topological polar surface area (TPSA) is 58.4 Å². The maximum atomic E-state index is 13.6. The van der Waals surface area contributed by atoms with Gasteiger partial charge in [0.25, 0.3) is 5.91 Å². The average molecular weight is 291 g/mol. The Morgan fingerprint density at radius 3 is 2.33 bits per heavy atom. The number of hydrazine groups is 1. The van der Waals surface area contributed by atoms with E-state index in [4.69, 9.17) is 5.84 Å². The van der Waals surface area contributed by atoms with Gasteiger partial charge >= 0.3 is 0 Å². The minimum absolute atomic E-state index is 0.0898. The number of rotatable bonds is 3. The lowest BCUT2D eigenvalue weighted by Crippen LogP contribution is -2.26. The molecule has 2 aromatic rings. The van der Waals surface area contributed by atoms with Gasteiger partial charge in [0.1, 0.15) is 5.69 Å². The van der Waals surface area contributed by atoms with Crippen LogP contribution >= 0.6 is 0 Å². The Morgan fingerprint density at radius 1 is 1.19 bits per heavy atom. The summed E-state index contributed by atoms with van der Waals surface area (Å²) in [6.07, 6.45) is 0. The summed E-state index contributed by atoms with van der Waals surface area (Å²) in [5.74, 6) is 2.67. The lowest BCUT2D eigenvalue weighted by Gasteiger charge is -2.18. The molecule has 2 aromatic carbocycles. The average Bonchev–Trinajstić information content (AvgIpc) is 2.45. The number of nitrogen functional groups attached to an aromatic ring is 1. The van der Waals surface area contributed by atoms with Crippen LogP contribution in [0.15, 0.2) is 36.4 Å². The molecule has 0 aromatic heterocycles. The second-order valence-electron chi connectivity index (χ2n) is 4.66. The summed E-state index contributed by atoms with van der Waals surface area (Å²) in [4.78, 5) is 13.6. The third-order valence-corrected chi connectivity index (χ3v) is 3.13. The van der Waals surface area contributed by atoms with E-state index in [1.165, 1.54) is 4.90 Å². The molecule has 0 aliphatic heterocycles. The molecule has 21 heavy (non-hydrogen) atoms. The Bertz CT molecular complexity index is 665. The van der Waals surface area contributed by atoms with Crippen LogP contribution in [-0.2, 0) is 0 Å². The van der Waals surface area contributed by atoms with Gasteiger partial charge in [0.15, 0.2) is 11.6 Å². The monoisotopic (exact) mass is 291 g/mol. The first-order valence-corrected chi connectivity index (χ1v) is 6.24. The summed E-state index contributed by atoms with van der Waals surface area (Å²) >= 11 is 0. The Hall–Kier alpha value is -2.47. The Balaban J connectivity index is 2.36. The van der Waals surface area contributed by atoms with E-state index in [1.807, 2.05) is 18.4 Å². The van der Waals surface area contributed by atoms with Gasteiger partial charge in [-0.2, -0.15) is 0 Å². The van der Waals surface area contributed by atoms with E-state index in [2.05, 4.69) is 0 Å². The van der Waals surface area contributed by atoms with Crippen LogP contribution in [0.2, 0.25) is 0 Å². The molecule has 0 radical (unpaired) electrons. The normalized spacial score (nSPS) is 10.3. The molecule has 0 saturated heterocycles. The zero-order valence-corrected chi connectivity index (χ0v) is 11.7. The molecule has 0 bridgehead atoms. The molecule has 0 unspecified atom stereocenters. The van der Waals surface area contributed by atoms with Gasteiger partial charge in [0.05, 0.1) is 0 Å². The van der Waals surface area contributed by atoms with Gasteiger partial charge in [0.2, 0.25) is 0 Å². The van der Waals surface area contributed by atoms with E-state index in [9.17, 15) is 13.6 Å². The molecule has 0 spiro atoms.